The SMILES string of the molecule is COc1ccc(S(=O)(=O)N(CC(=O)NO)Cc2cccc(C(=O)O)c2)cc1F. The fourth-order valence-electron chi connectivity index (χ4n) is 2.38. The van der Waals surface area contributed by atoms with Gasteiger partial charge in [-0.15, -0.1) is 0 Å². The highest BCUT2D eigenvalue weighted by Crippen LogP contribution is 2.24. The molecule has 1 amide bonds. The van der Waals surface area contributed by atoms with Crippen LogP contribution in [0.2, 0.25) is 0 Å². The molecular formula is C17H17FN2O7S. The van der Waals surface area contributed by atoms with Gasteiger partial charge < -0.3 is 9.84 Å². The van der Waals surface area contributed by atoms with Crippen molar-refractivity contribution >= 4 is 21.9 Å². The molecule has 0 aromatic heterocycles. The molecular weight excluding hydrogens is 395 g/mol. The highest BCUT2D eigenvalue weighted by atomic mass is 32.2. The number of halogens is 1. The number of carbonyl (C=O) groups excluding carboxylic acids is 1. The monoisotopic (exact) mass is 412 g/mol. The fraction of sp³-hybridized carbons (Fsp3) is 0.176. The summed E-state index contributed by atoms with van der Waals surface area (Å²) in [6, 6.07) is 8.43. The summed E-state index contributed by atoms with van der Waals surface area (Å²) in [5.74, 6) is -3.30. The van der Waals surface area contributed by atoms with Crippen molar-refractivity contribution in [1.29, 1.82) is 0 Å². The molecule has 3 N–H and O–H groups in total. The van der Waals surface area contributed by atoms with Crippen molar-refractivity contribution < 1.29 is 37.4 Å². The summed E-state index contributed by atoms with van der Waals surface area (Å²) in [7, 11) is -3.14. The van der Waals surface area contributed by atoms with E-state index in [2.05, 4.69) is 0 Å². The zero-order chi connectivity index (χ0) is 20.9. The molecule has 150 valence electrons. The van der Waals surface area contributed by atoms with Crippen molar-refractivity contribution in [2.24, 2.45) is 0 Å². The second-order valence-corrected chi connectivity index (χ2v) is 7.55. The number of amides is 1. The summed E-state index contributed by atoms with van der Waals surface area (Å²) in [6.07, 6.45) is 0. The van der Waals surface area contributed by atoms with Crippen LogP contribution in [0.5, 0.6) is 5.75 Å². The van der Waals surface area contributed by atoms with E-state index in [1.807, 2.05) is 0 Å². The Kier molecular flexibility index (Phi) is 6.67. The summed E-state index contributed by atoms with van der Waals surface area (Å²) in [5.41, 5.74) is 1.54. The smallest absolute Gasteiger partial charge is 0.335 e. The van der Waals surface area contributed by atoms with E-state index in [1.165, 1.54) is 36.9 Å². The Hall–Kier alpha value is -3.02. The van der Waals surface area contributed by atoms with Crippen molar-refractivity contribution in [3.8, 4) is 5.75 Å². The first-order valence-electron chi connectivity index (χ1n) is 7.78. The number of carbonyl (C=O) groups is 2. The largest absolute Gasteiger partial charge is 0.494 e. The first-order valence-corrected chi connectivity index (χ1v) is 9.22. The number of hydroxylamine groups is 1. The molecule has 2 aromatic rings. The van der Waals surface area contributed by atoms with Crippen LogP contribution >= 0.6 is 0 Å². The molecule has 11 heteroatoms. The average molecular weight is 412 g/mol. The van der Waals surface area contributed by atoms with Crippen LogP contribution in [-0.2, 0) is 21.4 Å². The first-order chi connectivity index (χ1) is 13.2. The van der Waals surface area contributed by atoms with Gasteiger partial charge in [-0.25, -0.2) is 23.1 Å². The lowest BCUT2D eigenvalue weighted by Gasteiger charge is -2.21. The van der Waals surface area contributed by atoms with Gasteiger partial charge in [0.1, 0.15) is 0 Å². The van der Waals surface area contributed by atoms with Crippen LogP contribution in [0.4, 0.5) is 4.39 Å². The molecule has 0 saturated carbocycles. The molecule has 2 rings (SSSR count). The standard InChI is InChI=1S/C17H17FN2O7S/c1-27-15-6-5-13(8-14(15)18)28(25,26)20(10-16(21)19-24)9-11-3-2-4-12(7-11)17(22)23/h2-8,24H,9-10H2,1H3,(H,19,21)(H,22,23). The zero-order valence-electron chi connectivity index (χ0n) is 14.6. The Morgan fingerprint density at radius 3 is 2.50 bits per heavy atom. The highest BCUT2D eigenvalue weighted by molar-refractivity contribution is 7.89. The van der Waals surface area contributed by atoms with E-state index in [9.17, 15) is 22.4 Å². The molecule has 0 saturated heterocycles. The summed E-state index contributed by atoms with van der Waals surface area (Å²) in [6.45, 7) is -1.16. The quantitative estimate of drug-likeness (QED) is 0.439. The number of nitrogens with zero attached hydrogens (tertiary/aromatic N) is 1. The molecule has 0 fully saturated rings. The first kappa shape index (κ1) is 21.3. The number of carboxylic acids is 1. The number of hydrogen-bond donors (Lipinski definition) is 3. The van der Waals surface area contributed by atoms with Crippen LogP contribution in [-0.4, -0.2) is 48.6 Å². The molecule has 2 aromatic carbocycles. The molecule has 0 aliphatic heterocycles. The Morgan fingerprint density at radius 1 is 1.21 bits per heavy atom. The van der Waals surface area contributed by atoms with Gasteiger partial charge in [-0.05, 0) is 35.9 Å². The van der Waals surface area contributed by atoms with Crippen molar-refractivity contribution in [3.05, 3.63) is 59.4 Å². The topological polar surface area (TPSA) is 133 Å². The van der Waals surface area contributed by atoms with Crippen molar-refractivity contribution in [2.45, 2.75) is 11.4 Å². The summed E-state index contributed by atoms with van der Waals surface area (Å²) in [4.78, 5) is 22.2. The van der Waals surface area contributed by atoms with Crippen LogP contribution in [0, 0.1) is 5.82 Å². The molecule has 9 nitrogen and oxygen atoms in total. The Morgan fingerprint density at radius 2 is 1.93 bits per heavy atom. The van der Waals surface area contributed by atoms with Crippen molar-refractivity contribution in [2.75, 3.05) is 13.7 Å². The van der Waals surface area contributed by atoms with Crippen molar-refractivity contribution in [1.82, 2.24) is 9.79 Å². The van der Waals surface area contributed by atoms with Gasteiger partial charge in [-0.3, -0.25) is 10.0 Å². The van der Waals surface area contributed by atoms with E-state index in [-0.39, 0.29) is 23.4 Å². The summed E-state index contributed by atoms with van der Waals surface area (Å²) >= 11 is 0. The van der Waals surface area contributed by atoms with E-state index in [0.29, 0.717) is 4.31 Å². The van der Waals surface area contributed by atoms with E-state index in [1.54, 1.807) is 0 Å². The highest BCUT2D eigenvalue weighted by Gasteiger charge is 2.28. The van der Waals surface area contributed by atoms with E-state index in [0.717, 1.165) is 18.2 Å². The molecule has 0 unspecified atom stereocenters. The van der Waals surface area contributed by atoms with Crippen LogP contribution in [0.25, 0.3) is 0 Å². The maximum absolute atomic E-state index is 13.9. The minimum absolute atomic E-state index is 0.0723. The van der Waals surface area contributed by atoms with E-state index >= 15 is 0 Å². The van der Waals surface area contributed by atoms with Crippen LogP contribution < -0.4 is 10.2 Å². The lowest BCUT2D eigenvalue weighted by molar-refractivity contribution is -0.129. The Balaban J connectivity index is 2.44. The number of methoxy groups -OCH3 is 1. The minimum atomic E-state index is -4.37. The lowest BCUT2D eigenvalue weighted by Crippen LogP contribution is -2.39. The van der Waals surface area contributed by atoms with Gasteiger partial charge in [0.05, 0.1) is 24.1 Å². The molecule has 0 radical (unpaired) electrons. The number of aromatic carboxylic acids is 1. The third-order valence-corrected chi connectivity index (χ3v) is 5.53. The maximum Gasteiger partial charge on any atom is 0.335 e. The van der Waals surface area contributed by atoms with Crippen LogP contribution in [0.15, 0.2) is 47.4 Å². The minimum Gasteiger partial charge on any atom is -0.494 e. The van der Waals surface area contributed by atoms with Gasteiger partial charge in [0.15, 0.2) is 11.6 Å². The van der Waals surface area contributed by atoms with Gasteiger partial charge in [-0.2, -0.15) is 4.31 Å². The number of sulfonamides is 1. The van der Waals surface area contributed by atoms with Gasteiger partial charge >= 0.3 is 5.97 Å². The molecule has 28 heavy (non-hydrogen) atoms. The summed E-state index contributed by atoms with van der Waals surface area (Å²) < 4.78 is 45.2. The molecule has 0 heterocycles. The Bertz CT molecular complexity index is 995. The number of nitrogens with one attached hydrogen (secondary N) is 1. The molecule has 0 aliphatic rings. The number of hydrogen-bond acceptors (Lipinski definition) is 6. The van der Waals surface area contributed by atoms with Gasteiger partial charge in [-0.1, -0.05) is 12.1 Å². The fourth-order valence-corrected chi connectivity index (χ4v) is 3.78. The number of benzene rings is 2. The lowest BCUT2D eigenvalue weighted by atomic mass is 10.1. The molecule has 0 spiro atoms. The van der Waals surface area contributed by atoms with E-state index < -0.39 is 39.2 Å². The molecule has 0 aliphatic carbocycles. The predicted molar refractivity (Wildman–Crippen MR) is 93.9 cm³/mol. The summed E-state index contributed by atoms with van der Waals surface area (Å²) in [5, 5.41) is 17.8. The number of ether oxygens (including phenoxy) is 1. The average Bonchev–Trinajstić information content (AvgIpc) is 2.67. The predicted octanol–water partition coefficient (Wildman–Crippen LogP) is 1.23. The number of carboxylic acid groups (broad SMARTS) is 1. The van der Waals surface area contributed by atoms with E-state index in [4.69, 9.17) is 15.1 Å². The second-order valence-electron chi connectivity index (χ2n) is 5.61. The molecule has 0 atom stereocenters. The van der Waals surface area contributed by atoms with Gasteiger partial charge in [0, 0.05) is 6.54 Å². The van der Waals surface area contributed by atoms with Crippen LogP contribution in [0.1, 0.15) is 15.9 Å². The maximum atomic E-state index is 13.9. The van der Waals surface area contributed by atoms with Crippen LogP contribution in [0.3, 0.4) is 0 Å². The zero-order valence-corrected chi connectivity index (χ0v) is 15.4. The normalized spacial score (nSPS) is 11.3. The number of rotatable bonds is 8. The second kappa shape index (κ2) is 8.78. The third-order valence-electron chi connectivity index (χ3n) is 3.74. The Labute approximate surface area is 160 Å². The molecule has 0 bridgehead atoms. The van der Waals surface area contributed by atoms with Crippen molar-refractivity contribution in [3.63, 3.8) is 0 Å². The van der Waals surface area contributed by atoms with Gasteiger partial charge in [0.25, 0.3) is 5.91 Å². The third kappa shape index (κ3) is 4.82. The van der Waals surface area contributed by atoms with Gasteiger partial charge in [0.2, 0.25) is 10.0 Å².